The van der Waals surface area contributed by atoms with E-state index in [0.29, 0.717) is 5.11 Å². The van der Waals surface area contributed by atoms with Crippen molar-refractivity contribution < 1.29 is 9.53 Å². The molecule has 0 radical (unpaired) electrons. The van der Waals surface area contributed by atoms with E-state index in [1.54, 1.807) is 11.9 Å². The van der Waals surface area contributed by atoms with Crippen molar-refractivity contribution in [3.8, 4) is 0 Å². The average molecular weight is 413 g/mol. The molecule has 154 valence electrons. The Morgan fingerprint density at radius 3 is 2.28 bits per heavy atom. The molecule has 0 aromatic heterocycles. The van der Waals surface area contributed by atoms with Gasteiger partial charge in [-0.3, -0.25) is 4.79 Å². The summed E-state index contributed by atoms with van der Waals surface area (Å²) in [7, 11) is 1.80. The van der Waals surface area contributed by atoms with Gasteiger partial charge >= 0.3 is 0 Å². The van der Waals surface area contributed by atoms with Crippen LogP contribution in [-0.2, 0) is 9.53 Å². The monoisotopic (exact) mass is 412 g/mol. The van der Waals surface area contributed by atoms with Gasteiger partial charge in [0.15, 0.2) is 5.11 Å². The van der Waals surface area contributed by atoms with Gasteiger partial charge in [0, 0.05) is 37.2 Å². The number of benzene rings is 2. The lowest BCUT2D eigenvalue weighted by molar-refractivity contribution is -0.116. The third kappa shape index (κ3) is 6.17. The average Bonchev–Trinajstić information content (AvgIpc) is 2.68. The summed E-state index contributed by atoms with van der Waals surface area (Å²) in [6, 6.07) is 14.1. The molecule has 7 heteroatoms. The molecule has 1 fully saturated rings. The predicted octanol–water partition coefficient (Wildman–Crippen LogP) is 3.41. The molecule has 6 nitrogen and oxygen atoms in total. The smallest absolute Gasteiger partial charge is 0.243 e. The van der Waals surface area contributed by atoms with Crippen molar-refractivity contribution in [2.24, 2.45) is 0 Å². The third-order valence-electron chi connectivity index (χ3n) is 4.73. The van der Waals surface area contributed by atoms with E-state index in [1.807, 2.05) is 50.2 Å². The number of carbonyl (C=O) groups excluding carboxylic acids is 1. The summed E-state index contributed by atoms with van der Waals surface area (Å²) < 4.78 is 5.38. The fraction of sp³-hybridized carbons (Fsp3) is 0.364. The Morgan fingerprint density at radius 2 is 1.66 bits per heavy atom. The summed E-state index contributed by atoms with van der Waals surface area (Å²) in [6.07, 6.45) is 0. The van der Waals surface area contributed by atoms with Crippen LogP contribution in [-0.4, -0.2) is 55.8 Å². The second kappa shape index (κ2) is 9.71. The number of rotatable bonds is 5. The summed E-state index contributed by atoms with van der Waals surface area (Å²) in [5.41, 5.74) is 5.17. The van der Waals surface area contributed by atoms with E-state index in [0.717, 1.165) is 54.5 Å². The number of nitrogens with one attached hydrogen (secondary N) is 2. The molecule has 29 heavy (non-hydrogen) atoms. The van der Waals surface area contributed by atoms with Gasteiger partial charge in [-0.1, -0.05) is 6.07 Å². The van der Waals surface area contributed by atoms with Gasteiger partial charge in [-0.05, 0) is 73.6 Å². The van der Waals surface area contributed by atoms with E-state index in [2.05, 4.69) is 21.6 Å². The summed E-state index contributed by atoms with van der Waals surface area (Å²) in [5.74, 6) is -0.115. The van der Waals surface area contributed by atoms with Gasteiger partial charge in [-0.25, -0.2) is 0 Å². The SMILES string of the molecule is Cc1cc(C)cc(NC(=S)N(C)CC(=O)Nc2ccc(N3CCOCC3)cc2)c1. The minimum atomic E-state index is -0.115. The van der Waals surface area contributed by atoms with Gasteiger partial charge in [-0.2, -0.15) is 0 Å². The van der Waals surface area contributed by atoms with E-state index >= 15 is 0 Å². The van der Waals surface area contributed by atoms with Gasteiger partial charge < -0.3 is 25.2 Å². The number of carbonyl (C=O) groups is 1. The predicted molar refractivity (Wildman–Crippen MR) is 123 cm³/mol. The fourth-order valence-electron chi connectivity index (χ4n) is 3.33. The number of thiocarbonyl (C=S) groups is 1. The Hall–Kier alpha value is -2.64. The molecule has 0 bridgehead atoms. The van der Waals surface area contributed by atoms with Crippen LogP contribution in [0.2, 0.25) is 0 Å². The molecule has 1 saturated heterocycles. The maximum absolute atomic E-state index is 12.4. The van der Waals surface area contributed by atoms with Crippen LogP contribution < -0.4 is 15.5 Å². The van der Waals surface area contributed by atoms with Crippen molar-refractivity contribution >= 4 is 40.3 Å². The molecular formula is C22H28N4O2S. The summed E-state index contributed by atoms with van der Waals surface area (Å²) in [4.78, 5) is 16.4. The molecule has 1 aliphatic heterocycles. The molecule has 1 heterocycles. The standard InChI is InChI=1S/C22H28N4O2S/c1-16-12-17(2)14-19(13-16)24-22(29)25(3)15-21(27)23-18-4-6-20(7-5-18)26-8-10-28-11-9-26/h4-7,12-14H,8-11,15H2,1-3H3,(H,23,27)(H,24,29). The first kappa shape index (κ1) is 21.1. The first-order chi connectivity index (χ1) is 13.9. The highest BCUT2D eigenvalue weighted by Gasteiger charge is 2.13. The molecule has 2 N–H and O–H groups in total. The zero-order valence-corrected chi connectivity index (χ0v) is 18.0. The molecule has 2 aromatic rings. The van der Waals surface area contributed by atoms with Gasteiger partial charge in [-0.15, -0.1) is 0 Å². The maximum atomic E-state index is 12.4. The van der Waals surface area contributed by atoms with Crippen molar-refractivity contribution in [2.75, 3.05) is 55.4 Å². The Bertz CT molecular complexity index is 843. The summed E-state index contributed by atoms with van der Waals surface area (Å²) in [6.45, 7) is 7.54. The van der Waals surface area contributed by atoms with Crippen molar-refractivity contribution in [3.05, 3.63) is 53.6 Å². The van der Waals surface area contributed by atoms with E-state index in [4.69, 9.17) is 17.0 Å². The lowest BCUT2D eigenvalue weighted by Gasteiger charge is -2.29. The van der Waals surface area contributed by atoms with Crippen molar-refractivity contribution in [3.63, 3.8) is 0 Å². The topological polar surface area (TPSA) is 56.8 Å². The van der Waals surface area contributed by atoms with E-state index in [-0.39, 0.29) is 12.5 Å². The Morgan fingerprint density at radius 1 is 1.03 bits per heavy atom. The minimum absolute atomic E-state index is 0.115. The number of anilines is 3. The van der Waals surface area contributed by atoms with E-state index < -0.39 is 0 Å². The van der Waals surface area contributed by atoms with Crippen molar-refractivity contribution in [1.29, 1.82) is 0 Å². The van der Waals surface area contributed by atoms with Crippen LogP contribution in [0.4, 0.5) is 17.1 Å². The third-order valence-corrected chi connectivity index (χ3v) is 5.14. The van der Waals surface area contributed by atoms with Crippen LogP contribution >= 0.6 is 12.2 Å². The normalized spacial score (nSPS) is 13.7. The molecular weight excluding hydrogens is 384 g/mol. The second-order valence-corrected chi connectivity index (χ2v) is 7.74. The van der Waals surface area contributed by atoms with Crippen LogP contribution in [0.25, 0.3) is 0 Å². The number of hydrogen-bond donors (Lipinski definition) is 2. The molecule has 0 saturated carbocycles. The lowest BCUT2D eigenvalue weighted by Crippen LogP contribution is -2.37. The van der Waals surface area contributed by atoms with Gasteiger partial charge in [0.25, 0.3) is 0 Å². The highest BCUT2D eigenvalue weighted by Crippen LogP contribution is 2.19. The number of likely N-dealkylation sites (N-methyl/N-ethyl adjacent to an activating group) is 1. The number of hydrogen-bond acceptors (Lipinski definition) is 4. The molecule has 3 rings (SSSR count). The second-order valence-electron chi connectivity index (χ2n) is 7.36. The van der Waals surface area contributed by atoms with Gasteiger partial charge in [0.1, 0.15) is 0 Å². The minimum Gasteiger partial charge on any atom is -0.378 e. The van der Waals surface area contributed by atoms with Crippen molar-refractivity contribution in [1.82, 2.24) is 4.90 Å². The largest absolute Gasteiger partial charge is 0.378 e. The number of morpholine rings is 1. The van der Waals surface area contributed by atoms with E-state index in [9.17, 15) is 4.79 Å². The van der Waals surface area contributed by atoms with Crippen LogP contribution in [0, 0.1) is 13.8 Å². The molecule has 0 aliphatic carbocycles. The highest BCUT2D eigenvalue weighted by atomic mass is 32.1. The number of nitrogens with zero attached hydrogens (tertiary/aromatic N) is 2. The van der Waals surface area contributed by atoms with Gasteiger partial charge in [0.05, 0.1) is 19.8 Å². The first-order valence-electron chi connectivity index (χ1n) is 9.74. The molecule has 1 amide bonds. The quantitative estimate of drug-likeness (QED) is 0.734. The van der Waals surface area contributed by atoms with E-state index in [1.165, 1.54) is 0 Å². The Balaban J connectivity index is 1.50. The van der Waals surface area contributed by atoms with Gasteiger partial charge in [0.2, 0.25) is 5.91 Å². The fourth-order valence-corrected chi connectivity index (χ4v) is 3.51. The molecule has 0 spiro atoms. The Labute approximate surface area is 177 Å². The maximum Gasteiger partial charge on any atom is 0.243 e. The van der Waals surface area contributed by atoms with Crippen LogP contribution in [0.3, 0.4) is 0 Å². The first-order valence-corrected chi connectivity index (χ1v) is 10.1. The number of amides is 1. The number of aryl methyl sites for hydroxylation is 2. The van der Waals surface area contributed by atoms with Crippen LogP contribution in [0.15, 0.2) is 42.5 Å². The summed E-state index contributed by atoms with van der Waals surface area (Å²) in [5, 5.41) is 6.63. The molecule has 0 atom stereocenters. The zero-order chi connectivity index (χ0) is 20.8. The summed E-state index contributed by atoms with van der Waals surface area (Å²) >= 11 is 5.44. The molecule has 0 unspecified atom stereocenters. The molecule has 1 aliphatic rings. The molecule has 2 aromatic carbocycles. The van der Waals surface area contributed by atoms with Crippen LogP contribution in [0.1, 0.15) is 11.1 Å². The van der Waals surface area contributed by atoms with Crippen LogP contribution in [0.5, 0.6) is 0 Å². The Kier molecular flexibility index (Phi) is 7.06. The number of ether oxygens (including phenoxy) is 1. The lowest BCUT2D eigenvalue weighted by atomic mass is 10.1. The van der Waals surface area contributed by atoms with Crippen molar-refractivity contribution in [2.45, 2.75) is 13.8 Å². The highest BCUT2D eigenvalue weighted by molar-refractivity contribution is 7.80. The zero-order valence-electron chi connectivity index (χ0n) is 17.2.